The SMILES string of the molecule is CCCCN(C)c1nc(NC)c(Cl)cc1Cl. The predicted octanol–water partition coefficient (Wildman–Crippen LogP) is 3.67. The molecule has 0 saturated heterocycles. The molecule has 1 aromatic heterocycles. The summed E-state index contributed by atoms with van der Waals surface area (Å²) >= 11 is 12.1. The summed E-state index contributed by atoms with van der Waals surface area (Å²) in [6, 6.07) is 1.72. The number of hydrogen-bond acceptors (Lipinski definition) is 3. The van der Waals surface area contributed by atoms with E-state index in [1.807, 2.05) is 11.9 Å². The monoisotopic (exact) mass is 261 g/mol. The number of nitrogens with zero attached hydrogens (tertiary/aromatic N) is 2. The molecule has 0 atom stereocenters. The highest BCUT2D eigenvalue weighted by Gasteiger charge is 2.11. The second kappa shape index (κ2) is 6.16. The maximum absolute atomic E-state index is 6.12. The standard InChI is InChI=1S/C11H17Cl2N3/c1-4-5-6-16(3)11-9(13)7-8(12)10(14-2)15-11/h7H,4-6H2,1-3H3,(H,14,15). The molecule has 1 heterocycles. The van der Waals surface area contributed by atoms with Crippen LogP contribution >= 0.6 is 23.2 Å². The van der Waals surface area contributed by atoms with Crippen LogP contribution in [0.2, 0.25) is 10.0 Å². The summed E-state index contributed by atoms with van der Waals surface area (Å²) in [6.07, 6.45) is 2.26. The zero-order valence-electron chi connectivity index (χ0n) is 9.85. The summed E-state index contributed by atoms with van der Waals surface area (Å²) < 4.78 is 0. The molecule has 0 bridgehead atoms. The van der Waals surface area contributed by atoms with Crippen molar-refractivity contribution in [2.24, 2.45) is 0 Å². The Bertz CT molecular complexity index is 355. The van der Waals surface area contributed by atoms with Gasteiger partial charge in [0.1, 0.15) is 11.6 Å². The van der Waals surface area contributed by atoms with Crippen LogP contribution in [0.3, 0.4) is 0 Å². The lowest BCUT2D eigenvalue weighted by Crippen LogP contribution is -2.20. The van der Waals surface area contributed by atoms with Crippen LogP contribution in [-0.2, 0) is 0 Å². The number of halogens is 2. The fourth-order valence-electron chi connectivity index (χ4n) is 1.40. The third kappa shape index (κ3) is 3.16. The second-order valence-corrected chi connectivity index (χ2v) is 4.46. The second-order valence-electron chi connectivity index (χ2n) is 3.65. The molecular formula is C11H17Cl2N3. The molecule has 1 N–H and O–H groups in total. The molecule has 0 fully saturated rings. The number of nitrogens with one attached hydrogen (secondary N) is 1. The minimum atomic E-state index is 0.542. The molecule has 90 valence electrons. The minimum absolute atomic E-state index is 0.542. The van der Waals surface area contributed by atoms with Gasteiger partial charge < -0.3 is 10.2 Å². The molecule has 0 aliphatic heterocycles. The number of unbranched alkanes of at least 4 members (excludes halogenated alkanes) is 1. The highest BCUT2D eigenvalue weighted by molar-refractivity contribution is 6.37. The summed E-state index contributed by atoms with van der Waals surface area (Å²) in [5.74, 6) is 1.42. The number of rotatable bonds is 5. The van der Waals surface area contributed by atoms with Gasteiger partial charge in [0.2, 0.25) is 0 Å². The molecule has 0 spiro atoms. The zero-order valence-corrected chi connectivity index (χ0v) is 11.4. The van der Waals surface area contributed by atoms with E-state index in [1.54, 1.807) is 13.1 Å². The molecule has 1 aromatic rings. The smallest absolute Gasteiger partial charge is 0.149 e. The van der Waals surface area contributed by atoms with Gasteiger partial charge in [0, 0.05) is 20.6 Å². The van der Waals surface area contributed by atoms with E-state index >= 15 is 0 Å². The molecule has 0 amide bonds. The average Bonchev–Trinajstić information content (AvgIpc) is 2.26. The molecule has 3 nitrogen and oxygen atoms in total. The predicted molar refractivity (Wildman–Crippen MR) is 72.0 cm³/mol. The van der Waals surface area contributed by atoms with Gasteiger partial charge in [0.05, 0.1) is 10.0 Å². The molecule has 16 heavy (non-hydrogen) atoms. The topological polar surface area (TPSA) is 28.2 Å². The first-order chi connectivity index (χ1) is 7.60. The van der Waals surface area contributed by atoms with E-state index in [0.29, 0.717) is 15.9 Å². The van der Waals surface area contributed by atoms with Crippen molar-refractivity contribution in [3.8, 4) is 0 Å². The van der Waals surface area contributed by atoms with Crippen LogP contribution in [-0.4, -0.2) is 25.6 Å². The van der Waals surface area contributed by atoms with Gasteiger partial charge in [-0.2, -0.15) is 0 Å². The summed E-state index contributed by atoms with van der Waals surface area (Å²) in [5.41, 5.74) is 0. The van der Waals surface area contributed by atoms with Crippen molar-refractivity contribution in [1.82, 2.24) is 4.98 Å². The van der Waals surface area contributed by atoms with E-state index in [2.05, 4.69) is 17.2 Å². The molecule has 5 heteroatoms. The van der Waals surface area contributed by atoms with Crippen LogP contribution in [0.15, 0.2) is 6.07 Å². The summed E-state index contributed by atoms with van der Waals surface area (Å²) in [5, 5.41) is 4.07. The van der Waals surface area contributed by atoms with E-state index < -0.39 is 0 Å². The summed E-state index contributed by atoms with van der Waals surface area (Å²) in [6.45, 7) is 3.10. The Balaban J connectivity index is 2.94. The zero-order chi connectivity index (χ0) is 12.1. The lowest BCUT2D eigenvalue weighted by atomic mass is 10.3. The van der Waals surface area contributed by atoms with E-state index in [4.69, 9.17) is 23.2 Å². The first-order valence-electron chi connectivity index (χ1n) is 5.35. The first-order valence-corrected chi connectivity index (χ1v) is 6.10. The van der Waals surface area contributed by atoms with Crippen molar-refractivity contribution in [3.63, 3.8) is 0 Å². The number of anilines is 2. The Morgan fingerprint density at radius 2 is 2.06 bits per heavy atom. The molecule has 0 unspecified atom stereocenters. The highest BCUT2D eigenvalue weighted by Crippen LogP contribution is 2.30. The van der Waals surface area contributed by atoms with E-state index in [-0.39, 0.29) is 0 Å². The van der Waals surface area contributed by atoms with Crippen molar-refractivity contribution in [2.75, 3.05) is 30.9 Å². The Morgan fingerprint density at radius 1 is 1.38 bits per heavy atom. The van der Waals surface area contributed by atoms with Crippen LogP contribution in [0.25, 0.3) is 0 Å². The van der Waals surface area contributed by atoms with E-state index in [9.17, 15) is 0 Å². The van der Waals surface area contributed by atoms with Gasteiger partial charge in [-0.3, -0.25) is 0 Å². The third-order valence-corrected chi connectivity index (χ3v) is 2.92. The van der Waals surface area contributed by atoms with Crippen molar-refractivity contribution < 1.29 is 0 Å². The maximum atomic E-state index is 6.12. The highest BCUT2D eigenvalue weighted by atomic mass is 35.5. The van der Waals surface area contributed by atoms with Crippen molar-refractivity contribution in [3.05, 3.63) is 16.1 Å². The molecule has 0 aliphatic rings. The van der Waals surface area contributed by atoms with Gasteiger partial charge in [-0.1, -0.05) is 36.5 Å². The molecular weight excluding hydrogens is 245 g/mol. The van der Waals surface area contributed by atoms with Crippen molar-refractivity contribution >= 4 is 34.8 Å². The Morgan fingerprint density at radius 3 is 2.62 bits per heavy atom. The molecule has 0 aromatic carbocycles. The van der Waals surface area contributed by atoms with Crippen molar-refractivity contribution in [1.29, 1.82) is 0 Å². The van der Waals surface area contributed by atoms with Crippen molar-refractivity contribution in [2.45, 2.75) is 19.8 Å². The van der Waals surface area contributed by atoms with Gasteiger partial charge in [0.15, 0.2) is 0 Å². The fraction of sp³-hybridized carbons (Fsp3) is 0.545. The Hall–Kier alpha value is -0.670. The number of aromatic nitrogens is 1. The van der Waals surface area contributed by atoms with Crippen LogP contribution in [0.5, 0.6) is 0 Å². The van der Waals surface area contributed by atoms with Crippen LogP contribution in [0.4, 0.5) is 11.6 Å². The lowest BCUT2D eigenvalue weighted by Gasteiger charge is -2.20. The molecule has 0 aliphatic carbocycles. The summed E-state index contributed by atoms with van der Waals surface area (Å²) in [4.78, 5) is 6.44. The Kier molecular flexibility index (Phi) is 5.16. The maximum Gasteiger partial charge on any atom is 0.149 e. The number of hydrogen-bond donors (Lipinski definition) is 1. The molecule has 1 rings (SSSR count). The first kappa shape index (κ1) is 13.4. The van der Waals surface area contributed by atoms with Gasteiger partial charge in [-0.05, 0) is 12.5 Å². The molecule has 0 saturated carbocycles. The van der Waals surface area contributed by atoms with Gasteiger partial charge in [-0.15, -0.1) is 0 Å². The normalized spacial score (nSPS) is 10.3. The fourth-order valence-corrected chi connectivity index (χ4v) is 2.00. The Labute approximate surface area is 107 Å². The minimum Gasteiger partial charge on any atom is -0.372 e. The molecule has 0 radical (unpaired) electrons. The third-order valence-electron chi connectivity index (χ3n) is 2.36. The van der Waals surface area contributed by atoms with E-state index in [0.717, 1.165) is 25.2 Å². The van der Waals surface area contributed by atoms with Crippen LogP contribution in [0.1, 0.15) is 19.8 Å². The lowest BCUT2D eigenvalue weighted by molar-refractivity contribution is 0.760. The quantitative estimate of drug-likeness (QED) is 0.877. The van der Waals surface area contributed by atoms with Crippen LogP contribution < -0.4 is 10.2 Å². The van der Waals surface area contributed by atoms with Gasteiger partial charge >= 0.3 is 0 Å². The largest absolute Gasteiger partial charge is 0.372 e. The average molecular weight is 262 g/mol. The van der Waals surface area contributed by atoms with E-state index in [1.165, 1.54) is 0 Å². The summed E-state index contributed by atoms with van der Waals surface area (Å²) in [7, 11) is 3.77. The number of pyridine rings is 1. The van der Waals surface area contributed by atoms with Crippen LogP contribution in [0, 0.1) is 0 Å². The van der Waals surface area contributed by atoms with Gasteiger partial charge in [-0.25, -0.2) is 4.98 Å². The van der Waals surface area contributed by atoms with Gasteiger partial charge in [0.25, 0.3) is 0 Å².